The van der Waals surface area contributed by atoms with Gasteiger partial charge in [-0.25, -0.2) is 4.98 Å². The summed E-state index contributed by atoms with van der Waals surface area (Å²) < 4.78 is 0. The van der Waals surface area contributed by atoms with Crippen molar-refractivity contribution in [2.75, 3.05) is 56.1 Å². The third-order valence-corrected chi connectivity index (χ3v) is 8.09. The molecule has 0 N–H and O–H groups in total. The molecule has 3 fully saturated rings. The van der Waals surface area contributed by atoms with Gasteiger partial charge in [-0.2, -0.15) is 0 Å². The molecular weight excluding hydrogens is 406 g/mol. The van der Waals surface area contributed by atoms with Gasteiger partial charge in [0.25, 0.3) is 0 Å². The van der Waals surface area contributed by atoms with E-state index >= 15 is 0 Å². The van der Waals surface area contributed by atoms with Crippen molar-refractivity contribution in [3.8, 4) is 11.4 Å². The third-order valence-electron chi connectivity index (χ3n) is 8.09. The molecule has 2 atom stereocenters. The van der Waals surface area contributed by atoms with Gasteiger partial charge in [-0.3, -0.25) is 4.98 Å². The number of piperidine rings is 1. The number of benzene rings is 1. The van der Waals surface area contributed by atoms with Gasteiger partial charge in [0.1, 0.15) is 0 Å². The maximum absolute atomic E-state index is 5.11. The third kappa shape index (κ3) is 3.97. The number of fused-ring (bicyclic) bond motifs is 2. The van der Waals surface area contributed by atoms with Crippen LogP contribution in [0.1, 0.15) is 31.7 Å². The van der Waals surface area contributed by atoms with Crippen molar-refractivity contribution in [1.82, 2.24) is 14.9 Å². The first-order chi connectivity index (χ1) is 16.2. The highest BCUT2D eigenvalue weighted by Gasteiger charge is 2.36. The molecule has 3 saturated heterocycles. The molecule has 3 aliphatic rings. The first kappa shape index (κ1) is 20.9. The summed E-state index contributed by atoms with van der Waals surface area (Å²) in [5.41, 5.74) is 6.97. The maximum atomic E-state index is 5.11. The van der Waals surface area contributed by atoms with Crippen molar-refractivity contribution < 1.29 is 0 Å². The zero-order valence-electron chi connectivity index (χ0n) is 20.0. The summed E-state index contributed by atoms with van der Waals surface area (Å²) in [5.74, 6) is 1.57. The molecule has 5 heteroatoms. The summed E-state index contributed by atoms with van der Waals surface area (Å²) in [6.07, 6.45) is 6.94. The summed E-state index contributed by atoms with van der Waals surface area (Å²) >= 11 is 0. The van der Waals surface area contributed by atoms with Crippen LogP contribution >= 0.6 is 0 Å². The Bertz CT molecular complexity index is 1130. The molecule has 3 aromatic rings. The maximum Gasteiger partial charge on any atom is 0.0914 e. The van der Waals surface area contributed by atoms with Gasteiger partial charge in [-0.15, -0.1) is 0 Å². The largest absolute Gasteiger partial charge is 0.370 e. The Morgan fingerprint density at radius 1 is 0.879 bits per heavy atom. The van der Waals surface area contributed by atoms with Gasteiger partial charge >= 0.3 is 0 Å². The van der Waals surface area contributed by atoms with Crippen LogP contribution in [0.3, 0.4) is 0 Å². The van der Waals surface area contributed by atoms with E-state index in [2.05, 4.69) is 65.1 Å². The van der Waals surface area contributed by atoms with Crippen LogP contribution in [-0.2, 0) is 6.42 Å². The minimum absolute atomic E-state index is 0.767. The monoisotopic (exact) mass is 441 g/mol. The lowest BCUT2D eigenvalue weighted by atomic mass is 9.89. The minimum Gasteiger partial charge on any atom is -0.370 e. The molecule has 3 aliphatic heterocycles. The van der Waals surface area contributed by atoms with E-state index in [1.54, 1.807) is 0 Å². The quantitative estimate of drug-likeness (QED) is 0.579. The molecule has 2 unspecified atom stereocenters. The van der Waals surface area contributed by atoms with Gasteiger partial charge < -0.3 is 14.7 Å². The average Bonchev–Trinajstić information content (AvgIpc) is 3.53. The number of hydrogen-bond donors (Lipinski definition) is 0. The van der Waals surface area contributed by atoms with Gasteiger partial charge in [0.2, 0.25) is 0 Å². The standard InChI is InChI=1S/C28H35N5/c1-3-20-6-8-24-26(14-20)30-27(25-9-7-23(16-29-25)32-11-4-5-12-32)15-28(24)33-18-21-10-13-31(2)17-22(21)19-33/h6-9,14-16,21-22H,3-5,10-13,17-19H2,1-2H3. The van der Waals surface area contributed by atoms with Crippen LogP contribution in [0.5, 0.6) is 0 Å². The van der Waals surface area contributed by atoms with Gasteiger partial charge in [0.05, 0.1) is 28.8 Å². The molecule has 5 nitrogen and oxygen atoms in total. The molecule has 33 heavy (non-hydrogen) atoms. The minimum atomic E-state index is 0.767. The summed E-state index contributed by atoms with van der Waals surface area (Å²) in [7, 11) is 2.27. The average molecular weight is 442 g/mol. The van der Waals surface area contributed by atoms with E-state index in [0.717, 1.165) is 61.3 Å². The molecule has 0 spiro atoms. The van der Waals surface area contributed by atoms with Crippen LogP contribution in [0, 0.1) is 11.8 Å². The highest BCUT2D eigenvalue weighted by Crippen LogP contribution is 2.38. The van der Waals surface area contributed by atoms with E-state index in [1.807, 2.05) is 6.20 Å². The molecule has 0 bridgehead atoms. The molecule has 172 valence electrons. The van der Waals surface area contributed by atoms with Crippen LogP contribution in [0.25, 0.3) is 22.3 Å². The van der Waals surface area contributed by atoms with Crippen molar-refractivity contribution in [1.29, 1.82) is 0 Å². The van der Waals surface area contributed by atoms with Crippen molar-refractivity contribution in [3.05, 3.63) is 48.2 Å². The van der Waals surface area contributed by atoms with Gasteiger partial charge in [-0.1, -0.05) is 19.1 Å². The second-order valence-electron chi connectivity index (χ2n) is 10.3. The highest BCUT2D eigenvalue weighted by atomic mass is 15.2. The van der Waals surface area contributed by atoms with E-state index in [-0.39, 0.29) is 0 Å². The van der Waals surface area contributed by atoms with Crippen LogP contribution in [0.15, 0.2) is 42.6 Å². The molecule has 6 rings (SSSR count). The predicted octanol–water partition coefficient (Wildman–Crippen LogP) is 4.85. The number of likely N-dealkylation sites (tertiary alicyclic amines) is 1. The lowest BCUT2D eigenvalue weighted by molar-refractivity contribution is 0.178. The van der Waals surface area contributed by atoms with Crippen LogP contribution in [-0.4, -0.2) is 61.2 Å². The Hall–Kier alpha value is -2.66. The van der Waals surface area contributed by atoms with Crippen LogP contribution in [0.4, 0.5) is 11.4 Å². The number of anilines is 2. The summed E-state index contributed by atoms with van der Waals surface area (Å²) in [4.78, 5) is 17.5. The number of pyridine rings is 2. The fourth-order valence-electron chi connectivity index (χ4n) is 6.12. The zero-order valence-corrected chi connectivity index (χ0v) is 20.0. The van der Waals surface area contributed by atoms with E-state index in [9.17, 15) is 0 Å². The van der Waals surface area contributed by atoms with Gasteiger partial charge in [0, 0.05) is 43.8 Å². The molecule has 5 heterocycles. The first-order valence-corrected chi connectivity index (χ1v) is 12.8. The van der Waals surface area contributed by atoms with Crippen molar-refractivity contribution in [3.63, 3.8) is 0 Å². The molecule has 0 aliphatic carbocycles. The molecule has 0 saturated carbocycles. The van der Waals surface area contributed by atoms with Crippen molar-refractivity contribution in [2.45, 2.75) is 32.6 Å². The Morgan fingerprint density at radius 3 is 2.52 bits per heavy atom. The molecular formula is C28H35N5. The Morgan fingerprint density at radius 2 is 1.73 bits per heavy atom. The molecule has 0 radical (unpaired) electrons. The van der Waals surface area contributed by atoms with E-state index < -0.39 is 0 Å². The number of nitrogens with zero attached hydrogens (tertiary/aromatic N) is 5. The van der Waals surface area contributed by atoms with Gasteiger partial charge in [-0.05, 0) is 80.9 Å². The number of aryl methyl sites for hydroxylation is 1. The second kappa shape index (κ2) is 8.60. The van der Waals surface area contributed by atoms with E-state index in [0.29, 0.717) is 0 Å². The lowest BCUT2D eigenvalue weighted by Gasteiger charge is -2.31. The van der Waals surface area contributed by atoms with E-state index in [1.165, 1.54) is 54.7 Å². The lowest BCUT2D eigenvalue weighted by Crippen LogP contribution is -2.37. The fraction of sp³-hybridized carbons (Fsp3) is 0.500. The Balaban J connectivity index is 1.38. The van der Waals surface area contributed by atoms with Crippen LogP contribution in [0.2, 0.25) is 0 Å². The molecule has 1 aromatic carbocycles. The SMILES string of the molecule is CCc1ccc2c(N3CC4CCN(C)CC4C3)cc(-c3ccc(N4CCCC4)cn3)nc2c1. The summed E-state index contributed by atoms with van der Waals surface area (Å²) in [5, 5.41) is 1.27. The summed E-state index contributed by atoms with van der Waals surface area (Å²) in [6.45, 7) is 9.25. The first-order valence-electron chi connectivity index (χ1n) is 12.8. The zero-order chi connectivity index (χ0) is 22.4. The fourth-order valence-corrected chi connectivity index (χ4v) is 6.12. The van der Waals surface area contributed by atoms with Crippen molar-refractivity contribution >= 4 is 22.3 Å². The topological polar surface area (TPSA) is 35.5 Å². The smallest absolute Gasteiger partial charge is 0.0914 e. The second-order valence-corrected chi connectivity index (χ2v) is 10.3. The predicted molar refractivity (Wildman–Crippen MR) is 137 cm³/mol. The van der Waals surface area contributed by atoms with E-state index in [4.69, 9.17) is 9.97 Å². The Labute approximate surface area is 197 Å². The van der Waals surface area contributed by atoms with Crippen LogP contribution < -0.4 is 9.80 Å². The highest BCUT2D eigenvalue weighted by molar-refractivity contribution is 5.94. The molecule has 0 amide bonds. The number of rotatable bonds is 4. The van der Waals surface area contributed by atoms with Crippen molar-refractivity contribution in [2.24, 2.45) is 11.8 Å². The number of aromatic nitrogens is 2. The normalized spacial score (nSPS) is 23.5. The Kier molecular flexibility index (Phi) is 5.45. The van der Waals surface area contributed by atoms with Gasteiger partial charge in [0.15, 0.2) is 0 Å². The number of hydrogen-bond acceptors (Lipinski definition) is 5. The summed E-state index contributed by atoms with van der Waals surface area (Å²) in [6, 6.07) is 13.5. The molecule has 2 aromatic heterocycles.